The Balaban J connectivity index is 2.53. The van der Waals surface area contributed by atoms with Crippen molar-refractivity contribution in [1.29, 1.82) is 0 Å². The minimum absolute atomic E-state index is 0.407. The van der Waals surface area contributed by atoms with Gasteiger partial charge in [-0.15, -0.1) is 0 Å². The van der Waals surface area contributed by atoms with Gasteiger partial charge >= 0.3 is 0 Å². The van der Waals surface area contributed by atoms with Crippen molar-refractivity contribution < 1.29 is 25.2 Å². The quantitative estimate of drug-likeness (QED) is 0.329. The summed E-state index contributed by atoms with van der Waals surface area (Å²) < 4.78 is 4.54. The van der Waals surface area contributed by atoms with E-state index in [4.69, 9.17) is 20.4 Å². The van der Waals surface area contributed by atoms with E-state index in [1.165, 1.54) is 0 Å². The molecule has 0 saturated carbocycles. The molecule has 1 rings (SSSR count). The number of hydrogen-bond donors (Lipinski definition) is 4. The van der Waals surface area contributed by atoms with Crippen molar-refractivity contribution in [3.8, 4) is 0 Å². The molecule has 1 saturated heterocycles. The maximum Gasteiger partial charge on any atom is 0.184 e. The predicted octanol–water partition coefficient (Wildman–Crippen LogP) is -2.58. The summed E-state index contributed by atoms with van der Waals surface area (Å²) in [5.41, 5.74) is 0. The van der Waals surface area contributed by atoms with E-state index in [-0.39, 0.29) is 0 Å². The van der Waals surface area contributed by atoms with Crippen LogP contribution in [0, 0.1) is 0 Å². The van der Waals surface area contributed by atoms with Crippen LogP contribution in [0.2, 0.25) is 0 Å². The lowest BCUT2D eigenvalue weighted by Crippen LogP contribution is -2.33. The maximum absolute atomic E-state index is 8.93. The fourth-order valence-electron chi connectivity index (χ4n) is 0.880. The molecule has 1 aliphatic heterocycles. The van der Waals surface area contributed by atoms with Gasteiger partial charge < -0.3 is 25.2 Å². The number of aliphatic hydroxyl groups excluding tert-OH is 4. The van der Waals surface area contributed by atoms with E-state index in [1.54, 1.807) is 0 Å². The van der Waals surface area contributed by atoms with Crippen LogP contribution in [0.4, 0.5) is 0 Å². The van der Waals surface area contributed by atoms with Crippen LogP contribution < -0.4 is 0 Å². The first kappa shape index (κ1) is 7.90. The van der Waals surface area contributed by atoms with Crippen molar-refractivity contribution in [1.82, 2.24) is 0 Å². The molecule has 1 aliphatic rings. The Morgan fingerprint density at radius 2 is 1.70 bits per heavy atom. The van der Waals surface area contributed by atoms with Gasteiger partial charge in [0.1, 0.15) is 18.3 Å². The van der Waals surface area contributed by atoms with E-state index in [1.807, 2.05) is 0 Å². The molecule has 1 heterocycles. The van der Waals surface area contributed by atoms with Gasteiger partial charge in [-0.3, -0.25) is 0 Å². The van der Waals surface area contributed by atoms with Gasteiger partial charge in [-0.25, -0.2) is 0 Å². The summed E-state index contributed by atoms with van der Waals surface area (Å²) in [5.74, 6) is 0. The zero-order valence-corrected chi connectivity index (χ0v) is 5.21. The molecular formula is C5H10O5. The highest BCUT2D eigenvalue weighted by Gasteiger charge is 2.41. The summed E-state index contributed by atoms with van der Waals surface area (Å²) >= 11 is 0. The van der Waals surface area contributed by atoms with Crippen molar-refractivity contribution in [2.75, 3.05) is 6.61 Å². The summed E-state index contributed by atoms with van der Waals surface area (Å²) in [7, 11) is 0. The molecule has 5 nitrogen and oxygen atoms in total. The third kappa shape index (κ3) is 1.14. The van der Waals surface area contributed by atoms with Gasteiger partial charge in [0.15, 0.2) is 6.29 Å². The van der Waals surface area contributed by atoms with E-state index < -0.39 is 31.2 Å². The molecular weight excluding hydrogens is 140 g/mol. The Labute approximate surface area is 57.5 Å². The topological polar surface area (TPSA) is 90.2 Å². The molecule has 4 N–H and O–H groups in total. The molecule has 0 aromatic rings. The van der Waals surface area contributed by atoms with Gasteiger partial charge in [-0.2, -0.15) is 0 Å². The molecule has 0 radical (unpaired) electrons. The standard InChI is InChI=1S/C5H10O5/c6-1-2-3(7)4(8)5(9)10-2/h2-9H,1H2/t2-,3-,4?,5-/m1/s1. The Hall–Kier alpha value is -0.200. The van der Waals surface area contributed by atoms with Crippen LogP contribution in [0.25, 0.3) is 0 Å². The molecule has 10 heavy (non-hydrogen) atoms. The van der Waals surface area contributed by atoms with Gasteiger partial charge in [0.05, 0.1) is 6.61 Å². The second kappa shape index (κ2) is 2.81. The monoisotopic (exact) mass is 150 g/mol. The zero-order valence-electron chi connectivity index (χ0n) is 5.21. The Morgan fingerprint density at radius 1 is 1.10 bits per heavy atom. The third-order valence-electron chi connectivity index (χ3n) is 1.52. The fraction of sp³-hybridized carbons (Fsp3) is 1.00. The predicted molar refractivity (Wildman–Crippen MR) is 30.0 cm³/mol. The van der Waals surface area contributed by atoms with E-state index >= 15 is 0 Å². The minimum Gasteiger partial charge on any atom is -0.394 e. The third-order valence-corrected chi connectivity index (χ3v) is 1.52. The largest absolute Gasteiger partial charge is 0.394 e. The van der Waals surface area contributed by atoms with Gasteiger partial charge in [0.2, 0.25) is 0 Å². The van der Waals surface area contributed by atoms with E-state index in [0.29, 0.717) is 0 Å². The zero-order chi connectivity index (χ0) is 7.72. The first-order chi connectivity index (χ1) is 4.66. The number of aliphatic hydroxyl groups is 4. The first-order valence-corrected chi connectivity index (χ1v) is 2.97. The Morgan fingerprint density at radius 3 is 1.90 bits per heavy atom. The Kier molecular flexibility index (Phi) is 2.22. The van der Waals surface area contributed by atoms with Gasteiger partial charge in [-0.05, 0) is 0 Å². The Bertz CT molecular complexity index is 117. The maximum atomic E-state index is 8.93. The SMILES string of the molecule is OC[C@H]1O[C@@H](O)C(O)[C@@H]1O. The smallest absolute Gasteiger partial charge is 0.184 e. The minimum atomic E-state index is -1.38. The molecule has 1 fully saturated rings. The van der Waals surface area contributed by atoms with Crippen LogP contribution in [0.1, 0.15) is 0 Å². The van der Waals surface area contributed by atoms with Crippen LogP contribution in [0.3, 0.4) is 0 Å². The van der Waals surface area contributed by atoms with Crippen molar-refractivity contribution in [2.24, 2.45) is 0 Å². The molecule has 0 bridgehead atoms. The van der Waals surface area contributed by atoms with Crippen LogP contribution in [0.5, 0.6) is 0 Å². The summed E-state index contributed by atoms with van der Waals surface area (Å²) in [4.78, 5) is 0. The highest BCUT2D eigenvalue weighted by molar-refractivity contribution is 4.84. The lowest BCUT2D eigenvalue weighted by molar-refractivity contribution is -0.132. The highest BCUT2D eigenvalue weighted by atomic mass is 16.6. The van der Waals surface area contributed by atoms with Gasteiger partial charge in [-0.1, -0.05) is 0 Å². The summed E-state index contributed by atoms with van der Waals surface area (Å²) in [6.07, 6.45) is -4.76. The van der Waals surface area contributed by atoms with Crippen LogP contribution in [-0.4, -0.2) is 51.6 Å². The lowest BCUT2D eigenvalue weighted by atomic mass is 10.1. The normalized spacial score (nSPS) is 48.0. The van der Waals surface area contributed by atoms with Crippen molar-refractivity contribution in [3.05, 3.63) is 0 Å². The summed E-state index contributed by atoms with van der Waals surface area (Å²) in [6.45, 7) is -0.407. The van der Waals surface area contributed by atoms with Gasteiger partial charge in [0.25, 0.3) is 0 Å². The fourth-order valence-corrected chi connectivity index (χ4v) is 0.880. The second-order valence-electron chi connectivity index (χ2n) is 2.23. The van der Waals surface area contributed by atoms with Crippen LogP contribution >= 0.6 is 0 Å². The first-order valence-electron chi connectivity index (χ1n) is 2.97. The van der Waals surface area contributed by atoms with E-state index in [9.17, 15) is 0 Å². The molecule has 60 valence electrons. The van der Waals surface area contributed by atoms with Crippen molar-refractivity contribution in [3.63, 3.8) is 0 Å². The summed E-state index contributed by atoms with van der Waals surface area (Å²) in [6, 6.07) is 0. The second-order valence-corrected chi connectivity index (χ2v) is 2.23. The van der Waals surface area contributed by atoms with Crippen molar-refractivity contribution in [2.45, 2.75) is 24.6 Å². The number of hydrogen-bond acceptors (Lipinski definition) is 5. The molecule has 0 aromatic carbocycles. The molecule has 0 spiro atoms. The van der Waals surface area contributed by atoms with E-state index in [0.717, 1.165) is 0 Å². The molecule has 0 aromatic heterocycles. The van der Waals surface area contributed by atoms with Gasteiger partial charge in [0, 0.05) is 0 Å². The van der Waals surface area contributed by atoms with Crippen molar-refractivity contribution >= 4 is 0 Å². The molecule has 0 aliphatic carbocycles. The highest BCUT2D eigenvalue weighted by Crippen LogP contribution is 2.18. The summed E-state index contributed by atoms with van der Waals surface area (Å²) in [5, 5.41) is 35.0. The molecule has 0 amide bonds. The van der Waals surface area contributed by atoms with E-state index in [2.05, 4.69) is 4.74 Å². The molecule has 1 unspecified atom stereocenters. The molecule has 5 heteroatoms. The van der Waals surface area contributed by atoms with Crippen LogP contribution in [0.15, 0.2) is 0 Å². The average molecular weight is 150 g/mol. The van der Waals surface area contributed by atoms with Crippen LogP contribution in [-0.2, 0) is 4.74 Å². The average Bonchev–Trinajstić information content (AvgIpc) is 2.17. The lowest BCUT2D eigenvalue weighted by Gasteiger charge is -2.09. The number of ether oxygens (including phenoxy) is 1. The number of rotatable bonds is 1. The molecule has 4 atom stereocenters.